The quantitative estimate of drug-likeness (QED) is 0.562. The van der Waals surface area contributed by atoms with Crippen molar-refractivity contribution in [3.05, 3.63) is 58.1 Å². The predicted octanol–water partition coefficient (Wildman–Crippen LogP) is 4.20. The molecule has 2 aromatic carbocycles. The molecule has 0 radical (unpaired) electrons. The maximum atomic E-state index is 12.8. The van der Waals surface area contributed by atoms with Crippen LogP contribution < -0.4 is 14.4 Å². The SMILES string of the molecule is COc1ccc(N(C)C(=O)c2ccccc2[N+](=O)[O-])cc1OC1CCCC1. The number of carbonyl (C=O) groups is 1. The molecule has 0 N–H and O–H groups in total. The standard InChI is InChI=1S/C20H22N2O5/c1-21(20(23)16-9-5-6-10-17(16)22(24)25)14-11-12-18(26-2)19(13-14)27-15-7-3-4-8-15/h5-6,9-13,15H,3-4,7-8H2,1-2H3. The van der Waals surface area contributed by atoms with E-state index in [1.54, 1.807) is 38.4 Å². The molecule has 0 unspecified atom stereocenters. The molecule has 3 rings (SSSR count). The molecule has 1 aliphatic rings. The molecule has 7 heteroatoms. The average Bonchev–Trinajstić information content (AvgIpc) is 3.19. The van der Waals surface area contributed by atoms with Crippen molar-refractivity contribution in [2.45, 2.75) is 31.8 Å². The van der Waals surface area contributed by atoms with Crippen LogP contribution in [0.4, 0.5) is 11.4 Å². The lowest BCUT2D eigenvalue weighted by atomic mass is 10.1. The van der Waals surface area contributed by atoms with Gasteiger partial charge < -0.3 is 14.4 Å². The van der Waals surface area contributed by atoms with Crippen LogP contribution in [0.25, 0.3) is 0 Å². The van der Waals surface area contributed by atoms with Crippen LogP contribution in [0.15, 0.2) is 42.5 Å². The number of methoxy groups -OCH3 is 1. The Bertz CT molecular complexity index is 846. The van der Waals surface area contributed by atoms with Crippen molar-refractivity contribution in [2.24, 2.45) is 0 Å². The molecule has 27 heavy (non-hydrogen) atoms. The molecule has 0 saturated heterocycles. The first kappa shape index (κ1) is 18.7. The fourth-order valence-corrected chi connectivity index (χ4v) is 3.26. The Morgan fingerprint density at radius 1 is 1.15 bits per heavy atom. The highest BCUT2D eigenvalue weighted by atomic mass is 16.6. The number of para-hydroxylation sites is 1. The summed E-state index contributed by atoms with van der Waals surface area (Å²) in [6, 6.07) is 11.1. The lowest BCUT2D eigenvalue weighted by Gasteiger charge is -2.21. The number of benzene rings is 2. The van der Waals surface area contributed by atoms with Crippen molar-refractivity contribution < 1.29 is 19.2 Å². The highest BCUT2D eigenvalue weighted by molar-refractivity contribution is 6.08. The van der Waals surface area contributed by atoms with E-state index in [0.29, 0.717) is 17.2 Å². The van der Waals surface area contributed by atoms with E-state index in [2.05, 4.69) is 0 Å². The van der Waals surface area contributed by atoms with E-state index in [1.165, 1.54) is 23.1 Å². The second kappa shape index (κ2) is 8.07. The van der Waals surface area contributed by atoms with Gasteiger partial charge >= 0.3 is 0 Å². The third-order valence-electron chi connectivity index (χ3n) is 4.77. The molecule has 1 fully saturated rings. The lowest BCUT2D eigenvalue weighted by molar-refractivity contribution is -0.385. The largest absolute Gasteiger partial charge is 0.493 e. The van der Waals surface area contributed by atoms with Gasteiger partial charge in [0.05, 0.1) is 18.1 Å². The fourth-order valence-electron chi connectivity index (χ4n) is 3.26. The molecule has 7 nitrogen and oxygen atoms in total. The van der Waals surface area contributed by atoms with Crippen LogP contribution in [-0.4, -0.2) is 31.1 Å². The van der Waals surface area contributed by atoms with Gasteiger partial charge in [-0.3, -0.25) is 14.9 Å². The van der Waals surface area contributed by atoms with Gasteiger partial charge in [-0.1, -0.05) is 12.1 Å². The van der Waals surface area contributed by atoms with Gasteiger partial charge in [-0.15, -0.1) is 0 Å². The van der Waals surface area contributed by atoms with Crippen LogP contribution >= 0.6 is 0 Å². The van der Waals surface area contributed by atoms with Crippen molar-refractivity contribution in [3.8, 4) is 11.5 Å². The summed E-state index contributed by atoms with van der Waals surface area (Å²) in [5.74, 6) is 0.709. The minimum Gasteiger partial charge on any atom is -0.493 e. The number of carbonyl (C=O) groups excluding carboxylic acids is 1. The fraction of sp³-hybridized carbons (Fsp3) is 0.350. The number of hydrogen-bond donors (Lipinski definition) is 0. The zero-order valence-corrected chi connectivity index (χ0v) is 15.4. The van der Waals surface area contributed by atoms with E-state index < -0.39 is 10.8 Å². The maximum Gasteiger partial charge on any atom is 0.282 e. The van der Waals surface area contributed by atoms with Gasteiger partial charge in [-0.05, 0) is 43.9 Å². The van der Waals surface area contributed by atoms with Gasteiger partial charge in [0.25, 0.3) is 11.6 Å². The Labute approximate surface area is 157 Å². The monoisotopic (exact) mass is 370 g/mol. The first-order valence-electron chi connectivity index (χ1n) is 8.87. The van der Waals surface area contributed by atoms with Crippen LogP contribution in [0.2, 0.25) is 0 Å². The first-order valence-corrected chi connectivity index (χ1v) is 8.87. The number of hydrogen-bond acceptors (Lipinski definition) is 5. The van der Waals surface area contributed by atoms with Crippen LogP contribution in [0.1, 0.15) is 36.0 Å². The van der Waals surface area contributed by atoms with E-state index in [-0.39, 0.29) is 17.4 Å². The third kappa shape index (κ3) is 4.02. The molecule has 0 spiro atoms. The van der Waals surface area contributed by atoms with Crippen molar-refractivity contribution in [3.63, 3.8) is 0 Å². The minimum atomic E-state index is -0.552. The van der Waals surface area contributed by atoms with Gasteiger partial charge in [0.1, 0.15) is 5.56 Å². The minimum absolute atomic E-state index is 0.0408. The molecular weight excluding hydrogens is 348 g/mol. The number of rotatable bonds is 6. The highest BCUT2D eigenvalue weighted by Gasteiger charge is 2.24. The number of nitrogens with zero attached hydrogens (tertiary/aromatic N) is 2. The van der Waals surface area contributed by atoms with Crippen molar-refractivity contribution in [1.29, 1.82) is 0 Å². The second-order valence-electron chi connectivity index (χ2n) is 6.50. The number of amides is 1. The maximum absolute atomic E-state index is 12.8. The summed E-state index contributed by atoms with van der Waals surface area (Å²) >= 11 is 0. The van der Waals surface area contributed by atoms with Gasteiger partial charge in [-0.25, -0.2) is 0 Å². The first-order chi connectivity index (χ1) is 13.0. The van der Waals surface area contributed by atoms with E-state index >= 15 is 0 Å². The lowest BCUT2D eigenvalue weighted by Crippen LogP contribution is -2.27. The Kier molecular flexibility index (Phi) is 5.59. The number of nitro groups is 1. The molecular formula is C20H22N2O5. The molecule has 0 aliphatic heterocycles. The van der Waals surface area contributed by atoms with Gasteiger partial charge in [0, 0.05) is 24.9 Å². The second-order valence-corrected chi connectivity index (χ2v) is 6.50. The molecule has 0 bridgehead atoms. The van der Waals surface area contributed by atoms with Crippen LogP contribution in [0, 0.1) is 10.1 Å². The third-order valence-corrected chi connectivity index (χ3v) is 4.77. The molecule has 0 atom stereocenters. The normalized spacial score (nSPS) is 14.0. The summed E-state index contributed by atoms with van der Waals surface area (Å²) in [6.07, 6.45) is 4.42. The van der Waals surface area contributed by atoms with Gasteiger partial charge in [0.15, 0.2) is 11.5 Å². The molecule has 2 aromatic rings. The van der Waals surface area contributed by atoms with E-state index in [1.807, 2.05) is 0 Å². The summed E-state index contributed by atoms with van der Waals surface area (Å²) in [4.78, 5) is 24.9. The van der Waals surface area contributed by atoms with E-state index in [4.69, 9.17) is 9.47 Å². The molecule has 0 aromatic heterocycles. The van der Waals surface area contributed by atoms with Gasteiger partial charge in [-0.2, -0.15) is 0 Å². The summed E-state index contributed by atoms with van der Waals surface area (Å²) < 4.78 is 11.4. The Hall–Kier alpha value is -3.09. The molecule has 1 aliphatic carbocycles. The summed E-state index contributed by atoms with van der Waals surface area (Å²) in [5.41, 5.74) is 0.399. The van der Waals surface area contributed by atoms with E-state index in [0.717, 1.165) is 25.7 Å². The Morgan fingerprint density at radius 3 is 2.52 bits per heavy atom. The summed E-state index contributed by atoms with van der Waals surface area (Å²) in [6.45, 7) is 0. The highest BCUT2D eigenvalue weighted by Crippen LogP contribution is 2.35. The van der Waals surface area contributed by atoms with Crippen LogP contribution in [0.3, 0.4) is 0 Å². The molecule has 0 heterocycles. The smallest absolute Gasteiger partial charge is 0.282 e. The van der Waals surface area contributed by atoms with Gasteiger partial charge in [0.2, 0.25) is 0 Å². The predicted molar refractivity (Wildman–Crippen MR) is 102 cm³/mol. The molecule has 1 amide bonds. The summed E-state index contributed by atoms with van der Waals surface area (Å²) in [7, 11) is 3.15. The van der Waals surface area contributed by atoms with Crippen molar-refractivity contribution in [2.75, 3.05) is 19.1 Å². The van der Waals surface area contributed by atoms with E-state index in [9.17, 15) is 14.9 Å². The molecule has 142 valence electrons. The number of ether oxygens (including phenoxy) is 2. The molecule has 1 saturated carbocycles. The van der Waals surface area contributed by atoms with Crippen molar-refractivity contribution >= 4 is 17.3 Å². The topological polar surface area (TPSA) is 81.9 Å². The summed E-state index contributed by atoms with van der Waals surface area (Å²) in [5, 5.41) is 11.2. The zero-order valence-electron chi connectivity index (χ0n) is 15.4. The zero-order chi connectivity index (χ0) is 19.4. The van der Waals surface area contributed by atoms with Crippen LogP contribution in [0.5, 0.6) is 11.5 Å². The van der Waals surface area contributed by atoms with Crippen molar-refractivity contribution in [1.82, 2.24) is 0 Å². The number of anilines is 1. The average molecular weight is 370 g/mol. The Morgan fingerprint density at radius 2 is 1.85 bits per heavy atom. The Balaban J connectivity index is 1.89. The van der Waals surface area contributed by atoms with Crippen LogP contribution in [-0.2, 0) is 0 Å². The number of nitro benzene ring substituents is 1.